The fraction of sp³-hybridized carbons (Fsp3) is 0.571. The normalized spacial score (nSPS) is 12.3. The SMILES string of the molecule is CCC(C)N(CC)Cc1cccc(C)c1.[Br-]. The third-order valence-corrected chi connectivity index (χ3v) is 3.09. The lowest BCUT2D eigenvalue weighted by molar-refractivity contribution is -0.00000347. The Hall–Kier alpha value is -0.340. The molecule has 0 bridgehead atoms. The van der Waals surface area contributed by atoms with E-state index < -0.39 is 0 Å². The Morgan fingerprint density at radius 3 is 2.44 bits per heavy atom. The molecule has 1 nitrogen and oxygen atoms in total. The van der Waals surface area contributed by atoms with Crippen LogP contribution in [-0.4, -0.2) is 17.5 Å². The van der Waals surface area contributed by atoms with Crippen LogP contribution in [0.1, 0.15) is 38.3 Å². The van der Waals surface area contributed by atoms with Crippen molar-refractivity contribution in [3.8, 4) is 0 Å². The zero-order valence-corrected chi connectivity index (χ0v) is 12.4. The number of nitrogens with zero attached hydrogens (tertiary/aromatic N) is 1. The second-order valence-corrected chi connectivity index (χ2v) is 4.31. The van der Waals surface area contributed by atoms with Gasteiger partial charge < -0.3 is 17.0 Å². The van der Waals surface area contributed by atoms with Gasteiger partial charge in [-0.05, 0) is 32.4 Å². The summed E-state index contributed by atoms with van der Waals surface area (Å²) < 4.78 is 0. The maximum atomic E-state index is 2.52. The molecular formula is C14H23BrN-. The van der Waals surface area contributed by atoms with Gasteiger partial charge in [0.2, 0.25) is 0 Å². The molecule has 1 aromatic carbocycles. The summed E-state index contributed by atoms with van der Waals surface area (Å²) in [5, 5.41) is 0. The van der Waals surface area contributed by atoms with Crippen LogP contribution in [0.15, 0.2) is 24.3 Å². The summed E-state index contributed by atoms with van der Waals surface area (Å²) in [6.45, 7) is 11.2. The Morgan fingerprint density at radius 1 is 1.25 bits per heavy atom. The molecular weight excluding hydrogens is 262 g/mol. The van der Waals surface area contributed by atoms with Gasteiger partial charge in [-0.2, -0.15) is 0 Å². The van der Waals surface area contributed by atoms with Crippen LogP contribution < -0.4 is 17.0 Å². The van der Waals surface area contributed by atoms with Crippen LogP contribution in [0, 0.1) is 6.92 Å². The van der Waals surface area contributed by atoms with Crippen LogP contribution in [0.3, 0.4) is 0 Å². The number of aryl methyl sites for hydroxylation is 1. The topological polar surface area (TPSA) is 3.24 Å². The standard InChI is InChI=1S/C14H23N.BrH/c1-5-13(4)15(6-2)11-14-9-7-8-12(3)10-14;/h7-10,13H,5-6,11H2,1-4H3;1H/p-1. The molecule has 1 aromatic rings. The number of hydrogen-bond donors (Lipinski definition) is 0. The minimum absolute atomic E-state index is 0. The number of hydrogen-bond acceptors (Lipinski definition) is 1. The summed E-state index contributed by atoms with van der Waals surface area (Å²) in [6.07, 6.45) is 1.22. The molecule has 16 heavy (non-hydrogen) atoms. The summed E-state index contributed by atoms with van der Waals surface area (Å²) in [5.74, 6) is 0. The average Bonchev–Trinajstić information content (AvgIpc) is 2.25. The molecule has 0 aliphatic heterocycles. The number of halogens is 1. The zero-order chi connectivity index (χ0) is 11.3. The Balaban J connectivity index is 0.00000225. The van der Waals surface area contributed by atoms with Gasteiger partial charge in [-0.3, -0.25) is 4.90 Å². The molecule has 92 valence electrons. The molecule has 0 spiro atoms. The second kappa shape index (κ2) is 7.86. The van der Waals surface area contributed by atoms with Crippen LogP contribution in [-0.2, 0) is 6.54 Å². The van der Waals surface area contributed by atoms with Crippen molar-refractivity contribution in [2.75, 3.05) is 6.54 Å². The molecule has 0 aliphatic rings. The molecule has 0 aromatic heterocycles. The van der Waals surface area contributed by atoms with Crippen molar-refractivity contribution < 1.29 is 17.0 Å². The van der Waals surface area contributed by atoms with Crippen molar-refractivity contribution in [2.45, 2.75) is 46.7 Å². The molecule has 1 atom stereocenters. The molecule has 0 aliphatic carbocycles. The quantitative estimate of drug-likeness (QED) is 0.766. The van der Waals surface area contributed by atoms with Gasteiger partial charge in [0.15, 0.2) is 0 Å². The van der Waals surface area contributed by atoms with E-state index in [4.69, 9.17) is 0 Å². The van der Waals surface area contributed by atoms with Crippen molar-refractivity contribution in [3.05, 3.63) is 35.4 Å². The lowest BCUT2D eigenvalue weighted by Gasteiger charge is -2.27. The van der Waals surface area contributed by atoms with Gasteiger partial charge in [0.05, 0.1) is 0 Å². The highest BCUT2D eigenvalue weighted by molar-refractivity contribution is 5.22. The fourth-order valence-corrected chi connectivity index (χ4v) is 1.88. The summed E-state index contributed by atoms with van der Waals surface area (Å²) in [5.41, 5.74) is 2.78. The van der Waals surface area contributed by atoms with Gasteiger partial charge in [-0.15, -0.1) is 0 Å². The molecule has 2 heteroatoms. The highest BCUT2D eigenvalue weighted by Gasteiger charge is 2.09. The summed E-state index contributed by atoms with van der Waals surface area (Å²) >= 11 is 0. The summed E-state index contributed by atoms with van der Waals surface area (Å²) in [4.78, 5) is 2.52. The molecule has 0 amide bonds. The van der Waals surface area contributed by atoms with Crippen LogP contribution >= 0.6 is 0 Å². The Bertz CT molecular complexity index is 299. The second-order valence-electron chi connectivity index (χ2n) is 4.31. The van der Waals surface area contributed by atoms with Gasteiger partial charge in [0, 0.05) is 12.6 Å². The van der Waals surface area contributed by atoms with E-state index >= 15 is 0 Å². The summed E-state index contributed by atoms with van der Waals surface area (Å²) in [7, 11) is 0. The first-order valence-electron chi connectivity index (χ1n) is 5.97. The van der Waals surface area contributed by atoms with E-state index in [0.717, 1.165) is 13.1 Å². The van der Waals surface area contributed by atoms with E-state index in [9.17, 15) is 0 Å². The molecule has 0 saturated heterocycles. The maximum Gasteiger partial charge on any atom is 0.0236 e. The van der Waals surface area contributed by atoms with Crippen LogP contribution in [0.25, 0.3) is 0 Å². The maximum absolute atomic E-state index is 2.52. The zero-order valence-electron chi connectivity index (χ0n) is 10.8. The Morgan fingerprint density at radius 2 is 1.94 bits per heavy atom. The van der Waals surface area contributed by atoms with Gasteiger partial charge in [-0.25, -0.2) is 0 Å². The van der Waals surface area contributed by atoms with Gasteiger partial charge in [0.1, 0.15) is 0 Å². The minimum Gasteiger partial charge on any atom is -1.00 e. The third kappa shape index (κ3) is 4.67. The van der Waals surface area contributed by atoms with Gasteiger partial charge in [-0.1, -0.05) is 43.7 Å². The van der Waals surface area contributed by atoms with E-state index in [-0.39, 0.29) is 17.0 Å². The van der Waals surface area contributed by atoms with Crippen molar-refractivity contribution in [3.63, 3.8) is 0 Å². The van der Waals surface area contributed by atoms with Crippen molar-refractivity contribution in [2.24, 2.45) is 0 Å². The van der Waals surface area contributed by atoms with Gasteiger partial charge in [0.25, 0.3) is 0 Å². The predicted octanol–water partition coefficient (Wildman–Crippen LogP) is 0.619. The van der Waals surface area contributed by atoms with Crippen LogP contribution in [0.2, 0.25) is 0 Å². The van der Waals surface area contributed by atoms with E-state index in [1.807, 2.05) is 0 Å². The minimum atomic E-state index is 0. The fourth-order valence-electron chi connectivity index (χ4n) is 1.88. The molecule has 1 unspecified atom stereocenters. The Labute approximate surface area is 111 Å². The third-order valence-electron chi connectivity index (χ3n) is 3.09. The van der Waals surface area contributed by atoms with Crippen molar-refractivity contribution >= 4 is 0 Å². The van der Waals surface area contributed by atoms with E-state index in [1.54, 1.807) is 0 Å². The molecule has 1 rings (SSSR count). The molecule has 0 radical (unpaired) electrons. The van der Waals surface area contributed by atoms with Crippen LogP contribution in [0.5, 0.6) is 0 Å². The van der Waals surface area contributed by atoms with Crippen LogP contribution in [0.4, 0.5) is 0 Å². The first-order chi connectivity index (χ1) is 7.17. The molecule has 0 N–H and O–H groups in total. The number of rotatable bonds is 5. The summed E-state index contributed by atoms with van der Waals surface area (Å²) in [6, 6.07) is 9.48. The van der Waals surface area contributed by atoms with Gasteiger partial charge >= 0.3 is 0 Å². The molecule has 0 heterocycles. The predicted molar refractivity (Wildman–Crippen MR) is 67.0 cm³/mol. The average molecular weight is 285 g/mol. The highest BCUT2D eigenvalue weighted by Crippen LogP contribution is 2.11. The largest absolute Gasteiger partial charge is 1.00 e. The molecule has 0 fully saturated rings. The Kier molecular flexibility index (Phi) is 7.69. The van der Waals surface area contributed by atoms with Crippen molar-refractivity contribution in [1.29, 1.82) is 0 Å². The molecule has 0 saturated carbocycles. The monoisotopic (exact) mass is 284 g/mol. The van der Waals surface area contributed by atoms with Crippen molar-refractivity contribution in [1.82, 2.24) is 4.90 Å². The van der Waals surface area contributed by atoms with E-state index in [2.05, 4.69) is 56.9 Å². The highest BCUT2D eigenvalue weighted by atomic mass is 79.9. The lowest BCUT2D eigenvalue weighted by atomic mass is 10.1. The lowest BCUT2D eigenvalue weighted by Crippen LogP contribution is -3.00. The first-order valence-corrected chi connectivity index (χ1v) is 5.97. The van der Waals surface area contributed by atoms with E-state index in [0.29, 0.717) is 6.04 Å². The number of benzene rings is 1. The van der Waals surface area contributed by atoms with E-state index in [1.165, 1.54) is 17.5 Å². The smallest absolute Gasteiger partial charge is 0.0236 e. The first kappa shape index (κ1) is 15.7.